The van der Waals surface area contributed by atoms with Crippen LogP contribution < -0.4 is 0 Å². The first-order chi connectivity index (χ1) is 14.6. The molecule has 7 nitrogen and oxygen atoms in total. The molecular formula is C23H30N4O3. The molecule has 0 radical (unpaired) electrons. The average molecular weight is 411 g/mol. The van der Waals surface area contributed by atoms with E-state index in [1.165, 1.54) is 5.69 Å². The molecule has 1 aromatic carbocycles. The molecule has 4 rings (SSSR count). The third kappa shape index (κ3) is 4.27. The summed E-state index contributed by atoms with van der Waals surface area (Å²) in [4.78, 5) is 16.9. The molecule has 2 aromatic heterocycles. The van der Waals surface area contributed by atoms with E-state index < -0.39 is 0 Å². The van der Waals surface area contributed by atoms with Gasteiger partial charge in [0, 0.05) is 30.2 Å². The van der Waals surface area contributed by atoms with Gasteiger partial charge in [0.15, 0.2) is 0 Å². The van der Waals surface area contributed by atoms with E-state index in [1.807, 2.05) is 55.1 Å². The Morgan fingerprint density at radius 3 is 2.80 bits per heavy atom. The lowest BCUT2D eigenvalue weighted by molar-refractivity contribution is -0.133. The van der Waals surface area contributed by atoms with Crippen LogP contribution in [0.3, 0.4) is 0 Å². The maximum Gasteiger partial charge on any atom is 0.237 e. The minimum atomic E-state index is -0.115. The van der Waals surface area contributed by atoms with E-state index in [-0.39, 0.29) is 18.6 Å². The molecule has 1 saturated heterocycles. The van der Waals surface area contributed by atoms with Crippen LogP contribution in [0.1, 0.15) is 43.2 Å². The summed E-state index contributed by atoms with van der Waals surface area (Å²) >= 11 is 0. The van der Waals surface area contributed by atoms with Crippen molar-refractivity contribution in [1.29, 1.82) is 0 Å². The summed E-state index contributed by atoms with van der Waals surface area (Å²) in [5.74, 6) is 1.34. The maximum absolute atomic E-state index is 12.9. The van der Waals surface area contributed by atoms with Crippen molar-refractivity contribution in [2.45, 2.75) is 38.3 Å². The Bertz CT molecular complexity index is 954. The summed E-state index contributed by atoms with van der Waals surface area (Å²) in [6, 6.07) is 11.9. The first kappa shape index (κ1) is 20.6. The lowest BCUT2D eigenvalue weighted by Gasteiger charge is -2.33. The summed E-state index contributed by atoms with van der Waals surface area (Å²) < 4.78 is 7.84. The number of para-hydroxylation sites is 1. The third-order valence-electron chi connectivity index (χ3n) is 6.26. The second kappa shape index (κ2) is 9.02. The topological polar surface area (TPSA) is 74.7 Å². The Labute approximate surface area is 176 Å². The average Bonchev–Trinajstić information content (AvgIpc) is 3.40. The molecule has 1 aliphatic rings. The number of benzene rings is 1. The van der Waals surface area contributed by atoms with E-state index in [0.717, 1.165) is 42.7 Å². The van der Waals surface area contributed by atoms with Gasteiger partial charge in [-0.15, -0.1) is 0 Å². The van der Waals surface area contributed by atoms with Gasteiger partial charge in [0.05, 0.1) is 25.7 Å². The van der Waals surface area contributed by atoms with Crippen LogP contribution in [-0.2, 0) is 11.3 Å². The zero-order chi connectivity index (χ0) is 21.1. The number of aromatic nitrogens is 2. The van der Waals surface area contributed by atoms with E-state index in [9.17, 15) is 9.90 Å². The number of aliphatic hydroxyl groups excluding tert-OH is 1. The number of hydrogen-bond donors (Lipinski definition) is 1. The number of carbonyl (C=O) groups excluding carboxylic acids is 1. The van der Waals surface area contributed by atoms with Gasteiger partial charge in [-0.25, -0.2) is 0 Å². The van der Waals surface area contributed by atoms with Gasteiger partial charge in [-0.3, -0.25) is 14.4 Å². The van der Waals surface area contributed by atoms with Gasteiger partial charge in [0.25, 0.3) is 0 Å². The number of rotatable bonds is 7. The van der Waals surface area contributed by atoms with Crippen molar-refractivity contribution < 1.29 is 14.3 Å². The SMILES string of the molecule is CC(c1cc2ccccc2o1)N(C)C(=O)CN1CCC(c2ccnn2CCO)CC1. The number of likely N-dealkylation sites (tertiary alicyclic amines) is 1. The quantitative estimate of drug-likeness (QED) is 0.648. The Morgan fingerprint density at radius 2 is 2.07 bits per heavy atom. The Hall–Kier alpha value is -2.64. The molecule has 1 atom stereocenters. The van der Waals surface area contributed by atoms with Gasteiger partial charge in [0.1, 0.15) is 11.3 Å². The number of nitrogens with zero attached hydrogens (tertiary/aromatic N) is 4. The molecule has 3 heterocycles. The van der Waals surface area contributed by atoms with Gasteiger partial charge in [-0.1, -0.05) is 18.2 Å². The Balaban J connectivity index is 1.32. The standard InChI is InChI=1S/C23H30N4O3/c1-17(22-15-19-5-3-4-6-21(19)30-22)25(2)23(29)16-26-11-8-18(9-12-26)20-7-10-24-27(20)13-14-28/h3-7,10,15,17-18,28H,8-9,11-14,16H2,1-2H3. The minimum Gasteiger partial charge on any atom is -0.459 e. The van der Waals surface area contributed by atoms with Crippen LogP contribution >= 0.6 is 0 Å². The van der Waals surface area contributed by atoms with Gasteiger partial charge in [-0.2, -0.15) is 5.10 Å². The van der Waals surface area contributed by atoms with Gasteiger partial charge < -0.3 is 14.4 Å². The molecular weight excluding hydrogens is 380 g/mol. The van der Waals surface area contributed by atoms with E-state index in [4.69, 9.17) is 4.42 Å². The van der Waals surface area contributed by atoms with E-state index in [2.05, 4.69) is 10.00 Å². The molecule has 1 fully saturated rings. The van der Waals surface area contributed by atoms with E-state index in [0.29, 0.717) is 19.0 Å². The lowest BCUT2D eigenvalue weighted by Crippen LogP contribution is -2.42. The molecule has 160 valence electrons. The Kier molecular flexibility index (Phi) is 6.20. The molecule has 0 spiro atoms. The second-order valence-corrected chi connectivity index (χ2v) is 8.12. The molecule has 1 N–H and O–H groups in total. The van der Waals surface area contributed by atoms with E-state index >= 15 is 0 Å². The van der Waals surface area contributed by atoms with Crippen molar-refractivity contribution in [2.24, 2.45) is 0 Å². The summed E-state index contributed by atoms with van der Waals surface area (Å²) in [6.45, 7) is 4.82. The number of carbonyl (C=O) groups is 1. The van der Waals surface area contributed by atoms with Crippen LogP contribution in [-0.4, -0.2) is 63.9 Å². The van der Waals surface area contributed by atoms with Crippen LogP contribution in [0.2, 0.25) is 0 Å². The number of furan rings is 1. The molecule has 0 aliphatic carbocycles. The summed E-state index contributed by atoms with van der Waals surface area (Å²) in [5.41, 5.74) is 2.04. The second-order valence-electron chi connectivity index (χ2n) is 8.12. The molecule has 3 aromatic rings. The summed E-state index contributed by atoms with van der Waals surface area (Å²) in [6.07, 6.45) is 3.79. The number of amides is 1. The summed E-state index contributed by atoms with van der Waals surface area (Å²) in [7, 11) is 1.85. The fourth-order valence-electron chi connectivity index (χ4n) is 4.28. The van der Waals surface area contributed by atoms with Crippen LogP contribution in [0.4, 0.5) is 0 Å². The smallest absolute Gasteiger partial charge is 0.237 e. The monoisotopic (exact) mass is 410 g/mol. The van der Waals surface area contributed by atoms with Crippen LogP contribution in [0.5, 0.6) is 0 Å². The fraction of sp³-hybridized carbons (Fsp3) is 0.478. The van der Waals surface area contributed by atoms with Crippen molar-refractivity contribution in [3.63, 3.8) is 0 Å². The largest absolute Gasteiger partial charge is 0.459 e. The van der Waals surface area contributed by atoms with Crippen LogP contribution in [0.25, 0.3) is 11.0 Å². The first-order valence-electron chi connectivity index (χ1n) is 10.7. The van der Waals surface area contributed by atoms with Gasteiger partial charge >= 0.3 is 0 Å². The van der Waals surface area contributed by atoms with Gasteiger partial charge in [0.2, 0.25) is 5.91 Å². The summed E-state index contributed by atoms with van der Waals surface area (Å²) in [5, 5.41) is 14.6. The highest BCUT2D eigenvalue weighted by molar-refractivity contribution is 5.80. The zero-order valence-corrected chi connectivity index (χ0v) is 17.7. The van der Waals surface area contributed by atoms with Crippen molar-refractivity contribution >= 4 is 16.9 Å². The molecule has 1 aliphatic heterocycles. The van der Waals surface area contributed by atoms with Gasteiger partial charge in [-0.05, 0) is 51.1 Å². The van der Waals surface area contributed by atoms with Crippen molar-refractivity contribution in [1.82, 2.24) is 19.6 Å². The molecule has 30 heavy (non-hydrogen) atoms. The number of aliphatic hydroxyl groups is 1. The molecule has 1 unspecified atom stereocenters. The highest BCUT2D eigenvalue weighted by atomic mass is 16.3. The highest BCUT2D eigenvalue weighted by Gasteiger charge is 2.27. The third-order valence-corrected chi connectivity index (χ3v) is 6.26. The minimum absolute atomic E-state index is 0.0950. The maximum atomic E-state index is 12.9. The number of hydrogen-bond acceptors (Lipinski definition) is 5. The van der Waals surface area contributed by atoms with Crippen molar-refractivity contribution in [3.05, 3.63) is 54.0 Å². The predicted molar refractivity (Wildman–Crippen MR) is 115 cm³/mol. The molecule has 0 bridgehead atoms. The van der Waals surface area contributed by atoms with Crippen molar-refractivity contribution in [3.8, 4) is 0 Å². The fourth-order valence-corrected chi connectivity index (χ4v) is 4.28. The number of fused-ring (bicyclic) bond motifs is 1. The number of piperidine rings is 1. The lowest BCUT2D eigenvalue weighted by atomic mass is 9.93. The highest BCUT2D eigenvalue weighted by Crippen LogP contribution is 2.29. The molecule has 7 heteroatoms. The van der Waals surface area contributed by atoms with Crippen LogP contribution in [0.15, 0.2) is 47.0 Å². The molecule has 1 amide bonds. The Morgan fingerprint density at radius 1 is 1.30 bits per heavy atom. The predicted octanol–water partition coefficient (Wildman–Crippen LogP) is 3.02. The molecule has 0 saturated carbocycles. The normalized spacial score (nSPS) is 16.8. The zero-order valence-electron chi connectivity index (χ0n) is 17.7. The first-order valence-corrected chi connectivity index (χ1v) is 10.7. The number of likely N-dealkylation sites (N-methyl/N-ethyl adjacent to an activating group) is 1. The van der Waals surface area contributed by atoms with Crippen molar-refractivity contribution in [2.75, 3.05) is 33.3 Å². The van der Waals surface area contributed by atoms with E-state index in [1.54, 1.807) is 11.1 Å². The van der Waals surface area contributed by atoms with Crippen LogP contribution in [0, 0.1) is 0 Å².